The predicted molar refractivity (Wildman–Crippen MR) is 167 cm³/mol. The van der Waals surface area contributed by atoms with Gasteiger partial charge in [-0.25, -0.2) is 9.97 Å². The molecule has 0 aliphatic carbocycles. The molecule has 0 atom stereocenters. The van der Waals surface area contributed by atoms with Crippen LogP contribution in [0.5, 0.6) is 23.0 Å². The number of hydrogen-bond acceptors (Lipinski definition) is 8. The van der Waals surface area contributed by atoms with Crippen LogP contribution in [0.4, 0.5) is 11.4 Å². The number of benzene rings is 4. The average Bonchev–Trinajstić information content (AvgIpc) is 3.07. The summed E-state index contributed by atoms with van der Waals surface area (Å²) in [4.78, 5) is 33.6. The molecule has 0 aliphatic rings. The van der Waals surface area contributed by atoms with Crippen LogP contribution in [-0.2, 0) is 9.59 Å². The number of methoxy groups -OCH3 is 2. The minimum absolute atomic E-state index is 0.115. The molecule has 0 spiro atoms. The normalized spacial score (nSPS) is 10.4. The van der Waals surface area contributed by atoms with Crippen LogP contribution >= 0.6 is 0 Å². The van der Waals surface area contributed by atoms with E-state index in [-0.39, 0.29) is 25.0 Å². The first-order chi connectivity index (χ1) is 21.5. The van der Waals surface area contributed by atoms with E-state index in [0.717, 1.165) is 16.7 Å². The van der Waals surface area contributed by atoms with Crippen molar-refractivity contribution >= 4 is 23.2 Å². The first-order valence-electron chi connectivity index (χ1n) is 13.7. The zero-order chi connectivity index (χ0) is 30.7. The summed E-state index contributed by atoms with van der Waals surface area (Å²) in [5.41, 5.74) is 3.82. The largest absolute Gasteiger partial charge is 0.497 e. The molecule has 10 heteroatoms. The highest BCUT2D eigenvalue weighted by atomic mass is 16.5. The first kappa shape index (κ1) is 29.6. The molecule has 0 saturated heterocycles. The van der Waals surface area contributed by atoms with Crippen molar-refractivity contribution in [3.63, 3.8) is 0 Å². The molecule has 5 aromatic rings. The van der Waals surface area contributed by atoms with Crippen LogP contribution in [0.1, 0.15) is 0 Å². The molecule has 2 amide bonds. The molecule has 10 nitrogen and oxygen atoms in total. The molecular weight excluding hydrogens is 560 g/mol. The quantitative estimate of drug-likeness (QED) is 0.185. The summed E-state index contributed by atoms with van der Waals surface area (Å²) in [5.74, 6) is 2.59. The standard InChI is InChI=1S/C34H30N4O6/c1-41-28-11-15-30(16-12-28)43-21-32(39)37-26-7-3-23(4-8-26)25-19-35-34(36-20-25)24-5-9-27(10-6-24)38-33(40)22-44-31-17-13-29(42-2)14-18-31/h3-20H,21-22H2,1-2H3,(H,37,39)(H,38,40). The number of amides is 2. The summed E-state index contributed by atoms with van der Waals surface area (Å²) in [5, 5.41) is 5.63. The molecule has 2 N–H and O–H groups in total. The molecule has 0 aliphatic heterocycles. The molecule has 0 saturated carbocycles. The number of carbonyl (C=O) groups is 2. The molecule has 0 fully saturated rings. The Morgan fingerprint density at radius 3 is 1.32 bits per heavy atom. The number of hydrogen-bond donors (Lipinski definition) is 2. The lowest BCUT2D eigenvalue weighted by Crippen LogP contribution is -2.20. The van der Waals surface area contributed by atoms with E-state index in [4.69, 9.17) is 18.9 Å². The zero-order valence-corrected chi connectivity index (χ0v) is 24.2. The zero-order valence-electron chi connectivity index (χ0n) is 24.2. The van der Waals surface area contributed by atoms with Crippen molar-refractivity contribution < 1.29 is 28.5 Å². The molecule has 222 valence electrons. The van der Waals surface area contributed by atoms with Crippen LogP contribution in [0, 0.1) is 0 Å². The molecular formula is C34H30N4O6. The summed E-state index contributed by atoms with van der Waals surface area (Å²) in [7, 11) is 3.18. The number of ether oxygens (including phenoxy) is 4. The Balaban J connectivity index is 1.10. The van der Waals surface area contributed by atoms with Gasteiger partial charge in [-0.1, -0.05) is 12.1 Å². The topological polar surface area (TPSA) is 121 Å². The summed E-state index contributed by atoms with van der Waals surface area (Å²) in [6.45, 7) is -0.235. The monoisotopic (exact) mass is 590 g/mol. The van der Waals surface area contributed by atoms with Gasteiger partial charge in [-0.15, -0.1) is 0 Å². The van der Waals surface area contributed by atoms with Crippen molar-refractivity contribution in [3.8, 4) is 45.5 Å². The maximum Gasteiger partial charge on any atom is 0.262 e. The van der Waals surface area contributed by atoms with Crippen molar-refractivity contribution in [2.45, 2.75) is 0 Å². The Hall–Kier alpha value is -5.90. The van der Waals surface area contributed by atoms with Gasteiger partial charge in [0.05, 0.1) is 14.2 Å². The van der Waals surface area contributed by atoms with E-state index in [1.54, 1.807) is 87.3 Å². The maximum atomic E-state index is 12.3. The molecule has 5 rings (SSSR count). The van der Waals surface area contributed by atoms with Gasteiger partial charge in [-0.05, 0) is 90.5 Å². The number of nitrogens with zero attached hydrogens (tertiary/aromatic N) is 2. The molecule has 0 bridgehead atoms. The van der Waals surface area contributed by atoms with Gasteiger partial charge >= 0.3 is 0 Å². The van der Waals surface area contributed by atoms with Gasteiger partial charge in [0.25, 0.3) is 11.8 Å². The Morgan fingerprint density at radius 2 is 0.909 bits per heavy atom. The second-order valence-electron chi connectivity index (χ2n) is 9.47. The molecule has 1 aromatic heterocycles. The fourth-order valence-electron chi connectivity index (χ4n) is 4.11. The lowest BCUT2D eigenvalue weighted by molar-refractivity contribution is -0.118. The van der Waals surface area contributed by atoms with E-state index in [1.165, 1.54) is 0 Å². The number of aromatic nitrogens is 2. The number of anilines is 2. The second-order valence-corrected chi connectivity index (χ2v) is 9.47. The first-order valence-corrected chi connectivity index (χ1v) is 13.7. The molecule has 4 aromatic carbocycles. The van der Waals surface area contributed by atoms with Gasteiger partial charge in [0.2, 0.25) is 0 Å². The van der Waals surface area contributed by atoms with E-state index in [1.807, 2.05) is 36.4 Å². The van der Waals surface area contributed by atoms with Gasteiger partial charge in [0.15, 0.2) is 19.0 Å². The smallest absolute Gasteiger partial charge is 0.262 e. The van der Waals surface area contributed by atoms with Gasteiger partial charge < -0.3 is 29.6 Å². The van der Waals surface area contributed by atoms with Crippen molar-refractivity contribution in [1.82, 2.24) is 9.97 Å². The van der Waals surface area contributed by atoms with Crippen LogP contribution in [0.3, 0.4) is 0 Å². The van der Waals surface area contributed by atoms with Crippen molar-refractivity contribution in [2.75, 3.05) is 38.1 Å². The van der Waals surface area contributed by atoms with E-state index >= 15 is 0 Å². The minimum Gasteiger partial charge on any atom is -0.497 e. The molecule has 0 unspecified atom stereocenters. The third-order valence-corrected chi connectivity index (χ3v) is 6.44. The van der Waals surface area contributed by atoms with E-state index < -0.39 is 0 Å². The number of nitrogens with one attached hydrogen (secondary N) is 2. The molecule has 0 radical (unpaired) electrons. The summed E-state index contributed by atoms with van der Waals surface area (Å²) < 4.78 is 21.3. The Bertz CT molecular complexity index is 1550. The van der Waals surface area contributed by atoms with Gasteiger partial charge in [0, 0.05) is 34.9 Å². The second kappa shape index (κ2) is 14.3. The fraction of sp³-hybridized carbons (Fsp3) is 0.118. The fourth-order valence-corrected chi connectivity index (χ4v) is 4.11. The van der Waals surface area contributed by atoms with Gasteiger partial charge in [-0.3, -0.25) is 9.59 Å². The van der Waals surface area contributed by atoms with Crippen LogP contribution < -0.4 is 29.6 Å². The van der Waals surface area contributed by atoms with Crippen LogP contribution in [0.25, 0.3) is 22.5 Å². The van der Waals surface area contributed by atoms with Crippen molar-refractivity contribution in [3.05, 3.63) is 109 Å². The highest BCUT2D eigenvalue weighted by Gasteiger charge is 2.08. The lowest BCUT2D eigenvalue weighted by Gasteiger charge is -2.09. The molecule has 1 heterocycles. The van der Waals surface area contributed by atoms with Crippen LogP contribution in [-0.4, -0.2) is 49.2 Å². The Labute approximate surface area is 254 Å². The summed E-state index contributed by atoms with van der Waals surface area (Å²) in [6, 6.07) is 28.7. The maximum absolute atomic E-state index is 12.3. The number of carbonyl (C=O) groups excluding carboxylic acids is 2. The SMILES string of the molecule is COc1ccc(OCC(=O)Nc2ccc(-c3cnc(-c4ccc(NC(=O)COc5ccc(OC)cc5)cc4)nc3)cc2)cc1. The van der Waals surface area contributed by atoms with Gasteiger partial charge in [-0.2, -0.15) is 0 Å². The van der Waals surface area contributed by atoms with Crippen molar-refractivity contribution in [2.24, 2.45) is 0 Å². The van der Waals surface area contributed by atoms with Crippen molar-refractivity contribution in [1.29, 1.82) is 0 Å². The predicted octanol–water partition coefficient (Wildman–Crippen LogP) is 5.86. The number of rotatable bonds is 12. The van der Waals surface area contributed by atoms with E-state index in [2.05, 4.69) is 20.6 Å². The van der Waals surface area contributed by atoms with E-state index in [0.29, 0.717) is 40.2 Å². The average molecular weight is 591 g/mol. The summed E-state index contributed by atoms with van der Waals surface area (Å²) in [6.07, 6.45) is 3.48. The van der Waals surface area contributed by atoms with E-state index in [9.17, 15) is 9.59 Å². The minimum atomic E-state index is -0.276. The highest BCUT2D eigenvalue weighted by molar-refractivity contribution is 5.92. The van der Waals surface area contributed by atoms with Crippen LogP contribution in [0.15, 0.2) is 109 Å². The van der Waals surface area contributed by atoms with Gasteiger partial charge in [0.1, 0.15) is 23.0 Å². The summed E-state index contributed by atoms with van der Waals surface area (Å²) >= 11 is 0. The Morgan fingerprint density at radius 1 is 0.523 bits per heavy atom. The third-order valence-electron chi connectivity index (χ3n) is 6.44. The third kappa shape index (κ3) is 8.10. The Kier molecular flexibility index (Phi) is 9.63. The lowest BCUT2D eigenvalue weighted by atomic mass is 10.1. The molecule has 44 heavy (non-hydrogen) atoms. The highest BCUT2D eigenvalue weighted by Crippen LogP contribution is 2.24. The van der Waals surface area contributed by atoms with Crippen LogP contribution in [0.2, 0.25) is 0 Å².